The van der Waals surface area contributed by atoms with E-state index in [2.05, 4.69) is 104 Å². The summed E-state index contributed by atoms with van der Waals surface area (Å²) >= 11 is 7.22. The molecule has 152 valence electrons. The molecule has 4 aromatic carbocycles. The van der Waals surface area contributed by atoms with Crippen molar-refractivity contribution in [2.75, 3.05) is 0 Å². The van der Waals surface area contributed by atoms with Crippen molar-refractivity contribution in [2.45, 2.75) is 18.7 Å². The molecule has 31 heavy (non-hydrogen) atoms. The molecule has 3 nitrogen and oxygen atoms in total. The number of nitrogens with zero attached hydrogens (tertiary/aromatic N) is 2. The molecule has 0 N–H and O–H groups in total. The maximum atomic E-state index is 6.47. The molecule has 0 aliphatic carbocycles. The first-order chi connectivity index (χ1) is 15.2. The third kappa shape index (κ3) is 3.36. The van der Waals surface area contributed by atoms with Crippen molar-refractivity contribution < 1.29 is 4.74 Å². The maximum absolute atomic E-state index is 6.47. The molecule has 0 aromatic heterocycles. The van der Waals surface area contributed by atoms with Crippen LogP contribution in [0.25, 0.3) is 10.8 Å². The van der Waals surface area contributed by atoms with Gasteiger partial charge in [-0.15, -0.1) is 0 Å². The summed E-state index contributed by atoms with van der Waals surface area (Å²) in [6.07, 6.45) is 0.574. The van der Waals surface area contributed by atoms with Gasteiger partial charge in [0, 0.05) is 26.5 Å². The van der Waals surface area contributed by atoms with E-state index in [1.54, 1.807) is 0 Å². The zero-order valence-corrected chi connectivity index (χ0v) is 19.7. The number of hydrogen-bond acceptors (Lipinski definition) is 3. The van der Waals surface area contributed by atoms with Crippen LogP contribution in [-0.4, -0.2) is 10.7 Å². The summed E-state index contributed by atoms with van der Waals surface area (Å²) in [6.45, 7) is 0. The van der Waals surface area contributed by atoms with Crippen molar-refractivity contribution in [2.24, 2.45) is 5.10 Å². The molecule has 2 aliphatic heterocycles. The standard InChI is InChI=1S/C26H18Br2N2O/c27-20-7-3-6-19(13-20)26-30-24(22-14-21(28)10-11-25(22)31-26)15-23(29-30)18-9-8-16-4-1-2-5-17(16)12-18/h1-14,24,26H,15H2/t24-,26+/m1/s1. The second-order valence-corrected chi connectivity index (χ2v) is 9.75. The van der Waals surface area contributed by atoms with Crippen LogP contribution in [0, 0.1) is 0 Å². The van der Waals surface area contributed by atoms with Crippen LogP contribution in [0.3, 0.4) is 0 Å². The van der Waals surface area contributed by atoms with Crippen molar-refractivity contribution in [1.82, 2.24) is 5.01 Å². The van der Waals surface area contributed by atoms with Crippen molar-refractivity contribution in [3.05, 3.63) is 111 Å². The lowest BCUT2D eigenvalue weighted by atomic mass is 9.95. The summed E-state index contributed by atoms with van der Waals surface area (Å²) in [5.74, 6) is 0.921. The molecule has 0 saturated carbocycles. The smallest absolute Gasteiger partial charge is 0.213 e. The number of rotatable bonds is 2. The molecule has 2 heterocycles. The summed E-state index contributed by atoms with van der Waals surface area (Å²) in [4.78, 5) is 0. The van der Waals surface area contributed by atoms with Crippen LogP contribution in [-0.2, 0) is 0 Å². The highest BCUT2D eigenvalue weighted by Crippen LogP contribution is 2.48. The van der Waals surface area contributed by atoms with Crippen molar-refractivity contribution >= 4 is 48.3 Å². The largest absolute Gasteiger partial charge is 0.464 e. The van der Waals surface area contributed by atoms with Crippen molar-refractivity contribution in [1.29, 1.82) is 0 Å². The van der Waals surface area contributed by atoms with Gasteiger partial charge in [-0.25, -0.2) is 5.01 Å². The minimum Gasteiger partial charge on any atom is -0.464 e. The van der Waals surface area contributed by atoms with Gasteiger partial charge in [0.2, 0.25) is 6.23 Å². The summed E-state index contributed by atoms with van der Waals surface area (Å²) in [5.41, 5.74) is 4.50. The van der Waals surface area contributed by atoms with Gasteiger partial charge in [0.1, 0.15) is 5.75 Å². The Balaban J connectivity index is 1.46. The molecule has 0 spiro atoms. The van der Waals surface area contributed by atoms with Gasteiger partial charge in [0.15, 0.2) is 0 Å². The monoisotopic (exact) mass is 532 g/mol. The van der Waals surface area contributed by atoms with Gasteiger partial charge in [0.25, 0.3) is 0 Å². The SMILES string of the molecule is Brc1cccc([C@@H]2Oc3ccc(Br)cc3[C@H]3CC(c4ccc5ccccc5c4)=NN32)c1. The van der Waals surface area contributed by atoms with E-state index in [9.17, 15) is 0 Å². The lowest BCUT2D eigenvalue weighted by molar-refractivity contribution is -0.0191. The lowest BCUT2D eigenvalue weighted by Crippen LogP contribution is -2.33. The van der Waals surface area contributed by atoms with Gasteiger partial charge in [-0.1, -0.05) is 80.4 Å². The van der Waals surface area contributed by atoms with Gasteiger partial charge >= 0.3 is 0 Å². The molecule has 5 heteroatoms. The second-order valence-electron chi connectivity index (χ2n) is 7.92. The Labute approximate surface area is 197 Å². The normalized spacial score (nSPS) is 19.5. The van der Waals surface area contributed by atoms with E-state index < -0.39 is 0 Å². The predicted molar refractivity (Wildman–Crippen MR) is 131 cm³/mol. The summed E-state index contributed by atoms with van der Waals surface area (Å²) in [6, 6.07) is 29.7. The molecule has 2 aliphatic rings. The van der Waals surface area contributed by atoms with E-state index in [1.807, 2.05) is 18.2 Å². The van der Waals surface area contributed by atoms with E-state index in [0.717, 1.165) is 38.0 Å². The number of hydrogen-bond donors (Lipinski definition) is 0. The highest BCUT2D eigenvalue weighted by molar-refractivity contribution is 9.10. The number of fused-ring (bicyclic) bond motifs is 4. The van der Waals surface area contributed by atoms with Gasteiger partial charge in [-0.05, 0) is 52.7 Å². The third-order valence-electron chi connectivity index (χ3n) is 5.97. The van der Waals surface area contributed by atoms with E-state index in [0.29, 0.717) is 0 Å². The zero-order chi connectivity index (χ0) is 20.9. The van der Waals surface area contributed by atoms with E-state index in [1.165, 1.54) is 16.3 Å². The van der Waals surface area contributed by atoms with Gasteiger partial charge in [-0.3, -0.25) is 0 Å². The van der Waals surface area contributed by atoms with Crippen LogP contribution in [0.2, 0.25) is 0 Å². The second kappa shape index (κ2) is 7.50. The molecule has 0 bridgehead atoms. The molecule has 0 saturated heterocycles. The van der Waals surface area contributed by atoms with E-state index >= 15 is 0 Å². The molecule has 2 atom stereocenters. The van der Waals surface area contributed by atoms with Crippen LogP contribution < -0.4 is 4.74 Å². The Kier molecular flexibility index (Phi) is 4.62. The lowest BCUT2D eigenvalue weighted by Gasteiger charge is -2.38. The Hall–Kier alpha value is -2.63. The van der Waals surface area contributed by atoms with Crippen molar-refractivity contribution in [3.63, 3.8) is 0 Å². The van der Waals surface area contributed by atoms with Gasteiger partial charge < -0.3 is 4.74 Å². The first-order valence-corrected chi connectivity index (χ1v) is 11.8. The number of ether oxygens (including phenoxy) is 1. The van der Waals surface area contributed by atoms with Crippen molar-refractivity contribution in [3.8, 4) is 5.75 Å². The molecule has 0 radical (unpaired) electrons. The van der Waals surface area contributed by atoms with Crippen LogP contribution in [0.15, 0.2) is 99.0 Å². The molecule has 4 aromatic rings. The minimum atomic E-state index is -0.269. The molecular formula is C26H18Br2N2O. The van der Waals surface area contributed by atoms with E-state index in [4.69, 9.17) is 9.84 Å². The Bertz CT molecular complexity index is 1350. The Morgan fingerprint density at radius 3 is 2.52 bits per heavy atom. The summed E-state index contributed by atoms with van der Waals surface area (Å²) < 4.78 is 8.56. The van der Waals surface area contributed by atoms with Crippen LogP contribution in [0.5, 0.6) is 5.75 Å². The van der Waals surface area contributed by atoms with E-state index in [-0.39, 0.29) is 12.3 Å². The highest BCUT2D eigenvalue weighted by atomic mass is 79.9. The predicted octanol–water partition coefficient (Wildman–Crippen LogP) is 7.61. The van der Waals surface area contributed by atoms with Gasteiger partial charge in [0.05, 0.1) is 11.8 Å². The molecular weight excluding hydrogens is 516 g/mol. The van der Waals surface area contributed by atoms with Gasteiger partial charge in [-0.2, -0.15) is 5.10 Å². The first-order valence-electron chi connectivity index (χ1n) is 10.2. The molecule has 0 fully saturated rings. The highest BCUT2D eigenvalue weighted by Gasteiger charge is 2.41. The third-order valence-corrected chi connectivity index (χ3v) is 6.95. The number of hydrazone groups is 1. The molecule has 0 unspecified atom stereocenters. The van der Waals surface area contributed by atoms with Crippen LogP contribution >= 0.6 is 31.9 Å². The topological polar surface area (TPSA) is 24.8 Å². The van der Waals surface area contributed by atoms with Crippen LogP contribution in [0.4, 0.5) is 0 Å². The average Bonchev–Trinajstić information content (AvgIpc) is 3.24. The average molecular weight is 534 g/mol. The zero-order valence-electron chi connectivity index (χ0n) is 16.5. The van der Waals surface area contributed by atoms with Crippen LogP contribution in [0.1, 0.15) is 35.4 Å². The fourth-order valence-corrected chi connectivity index (χ4v) is 5.28. The Morgan fingerprint density at radius 1 is 0.806 bits per heavy atom. The minimum absolute atomic E-state index is 0.131. The number of halogens is 2. The molecule has 0 amide bonds. The maximum Gasteiger partial charge on any atom is 0.213 e. The first kappa shape index (κ1) is 19.1. The fraction of sp³-hybridized carbons (Fsp3) is 0.115. The Morgan fingerprint density at radius 2 is 1.65 bits per heavy atom. The summed E-state index contributed by atoms with van der Waals surface area (Å²) in [5, 5.41) is 9.70. The fourth-order valence-electron chi connectivity index (χ4n) is 4.48. The quantitative estimate of drug-likeness (QED) is 0.265. The number of benzene rings is 4. The molecule has 6 rings (SSSR count). The summed E-state index contributed by atoms with van der Waals surface area (Å²) in [7, 11) is 0.